The molecule has 1 aromatic heterocycles. The van der Waals surface area contributed by atoms with Gasteiger partial charge in [0.05, 0.1) is 0 Å². The molecule has 0 radical (unpaired) electrons. The van der Waals surface area contributed by atoms with Crippen molar-refractivity contribution < 1.29 is 9.53 Å². The van der Waals surface area contributed by atoms with Crippen LogP contribution < -0.4 is 4.74 Å². The third-order valence-corrected chi connectivity index (χ3v) is 8.54. The highest BCUT2D eigenvalue weighted by Gasteiger charge is 2.66. The topological polar surface area (TPSA) is 34.5 Å². The Labute approximate surface area is 207 Å². The van der Waals surface area contributed by atoms with E-state index in [4.69, 9.17) is 4.74 Å². The van der Waals surface area contributed by atoms with Crippen LogP contribution in [0.15, 0.2) is 60.7 Å². The van der Waals surface area contributed by atoms with Gasteiger partial charge in [0.2, 0.25) is 6.10 Å². The minimum atomic E-state index is -0.542. The number of amides is 1. The monoisotopic (exact) mass is 558 g/mol. The number of hydrogen-bond donors (Lipinski definition) is 0. The number of carbonyl (C=O) groups is 1. The number of carbonyl (C=O) groups excluding carboxylic acids is 1. The number of thioether (sulfide) groups is 1. The molecule has 0 aliphatic carbocycles. The van der Waals surface area contributed by atoms with Crippen molar-refractivity contribution in [3.8, 4) is 11.4 Å². The second-order valence-corrected chi connectivity index (χ2v) is 11.7. The minimum Gasteiger partial charge on any atom is -0.477 e. The summed E-state index contributed by atoms with van der Waals surface area (Å²) in [4.78, 5) is 14.9. The number of nitrogens with zero attached hydrogens (tertiary/aromatic N) is 2. The van der Waals surface area contributed by atoms with Gasteiger partial charge in [0, 0.05) is 32.8 Å². The Morgan fingerprint density at radius 1 is 1.09 bits per heavy atom. The first-order chi connectivity index (χ1) is 15.3. The molecule has 2 unspecified atom stereocenters. The summed E-state index contributed by atoms with van der Waals surface area (Å²) in [5, 5.41) is 0. The van der Waals surface area contributed by atoms with Crippen molar-refractivity contribution in [3.05, 3.63) is 81.2 Å². The van der Waals surface area contributed by atoms with Gasteiger partial charge in [-0.2, -0.15) is 0 Å². The molecule has 0 spiro atoms. The molecule has 6 heteroatoms. The predicted molar refractivity (Wildman–Crippen MR) is 138 cm³/mol. The summed E-state index contributed by atoms with van der Waals surface area (Å²) in [6.45, 7) is 7.38. The summed E-state index contributed by atoms with van der Waals surface area (Å²) in [7, 11) is 0. The van der Waals surface area contributed by atoms with Crippen molar-refractivity contribution in [2.75, 3.05) is 12.8 Å². The molecule has 1 amide bonds. The Kier molecular flexibility index (Phi) is 5.36. The maximum Gasteiger partial charge on any atom is 0.269 e. The van der Waals surface area contributed by atoms with E-state index in [2.05, 4.69) is 89.4 Å². The smallest absolute Gasteiger partial charge is 0.269 e. The van der Waals surface area contributed by atoms with Gasteiger partial charge in [-0.3, -0.25) is 4.79 Å². The van der Waals surface area contributed by atoms with Crippen LogP contribution in [0.5, 0.6) is 5.75 Å². The van der Waals surface area contributed by atoms with Crippen molar-refractivity contribution in [3.63, 3.8) is 0 Å². The summed E-state index contributed by atoms with van der Waals surface area (Å²) in [5.41, 5.74) is 4.77. The Morgan fingerprint density at radius 3 is 2.44 bits per heavy atom. The maximum absolute atomic E-state index is 13.4. The first kappa shape index (κ1) is 21.9. The standard InChI is InChI=1S/C26H27IN2O2S/c1-17-14-21-22(29(17)19-12-10-18(27)11-13-19)15-25(2,3)16-28-24(30)23(26(21,28)32-4)31-20-8-6-5-7-9-20/h5-14,23H,15-16H2,1-4H3. The van der Waals surface area contributed by atoms with Gasteiger partial charge in [-0.05, 0) is 90.1 Å². The van der Waals surface area contributed by atoms with Crippen LogP contribution in [-0.4, -0.2) is 34.3 Å². The summed E-state index contributed by atoms with van der Waals surface area (Å²) < 4.78 is 9.95. The zero-order valence-electron chi connectivity index (χ0n) is 18.8. The molecule has 3 heterocycles. The highest BCUT2D eigenvalue weighted by atomic mass is 127. The first-order valence-electron chi connectivity index (χ1n) is 10.8. The number of hydrogen-bond acceptors (Lipinski definition) is 3. The molecule has 0 N–H and O–H groups in total. The zero-order valence-corrected chi connectivity index (χ0v) is 21.7. The fourth-order valence-corrected chi connectivity index (χ4v) is 6.68. The van der Waals surface area contributed by atoms with Gasteiger partial charge < -0.3 is 14.2 Å². The largest absolute Gasteiger partial charge is 0.477 e. The predicted octanol–water partition coefficient (Wildman–Crippen LogP) is 5.78. The first-order valence-corrected chi connectivity index (χ1v) is 13.1. The number of aromatic nitrogens is 1. The number of fused-ring (bicyclic) bond motifs is 3. The number of para-hydroxylation sites is 1. The van der Waals surface area contributed by atoms with Gasteiger partial charge in [-0.15, -0.1) is 11.8 Å². The fourth-order valence-electron chi connectivity index (χ4n) is 5.18. The number of β-lactam (4-membered cyclic amide) rings is 1. The number of aryl methyl sites for hydroxylation is 1. The van der Waals surface area contributed by atoms with Crippen molar-refractivity contribution in [2.24, 2.45) is 5.41 Å². The SMILES string of the molecule is CSC12c3cc(C)n(-c4ccc(I)cc4)c3CC(C)(C)CN1C(=O)C2Oc1ccccc1. The van der Waals surface area contributed by atoms with E-state index >= 15 is 0 Å². The average Bonchev–Trinajstić information content (AvgIpc) is 3.05. The molecule has 2 aliphatic rings. The van der Waals surface area contributed by atoms with Gasteiger partial charge in [-0.25, -0.2) is 0 Å². The highest BCUT2D eigenvalue weighted by molar-refractivity contribution is 14.1. The third-order valence-electron chi connectivity index (χ3n) is 6.54. The van der Waals surface area contributed by atoms with Crippen LogP contribution in [0.2, 0.25) is 0 Å². The summed E-state index contributed by atoms with van der Waals surface area (Å²) >= 11 is 4.06. The van der Waals surface area contributed by atoms with Gasteiger partial charge in [0.25, 0.3) is 5.91 Å². The van der Waals surface area contributed by atoms with Crippen LogP contribution in [0.25, 0.3) is 5.69 Å². The van der Waals surface area contributed by atoms with Gasteiger partial charge in [-0.1, -0.05) is 32.0 Å². The van der Waals surface area contributed by atoms with Crippen molar-refractivity contribution in [2.45, 2.75) is 38.2 Å². The molecule has 166 valence electrons. The third kappa shape index (κ3) is 3.29. The molecule has 2 aromatic carbocycles. The molecule has 3 aromatic rings. The number of rotatable bonds is 4. The van der Waals surface area contributed by atoms with E-state index in [9.17, 15) is 4.79 Å². The van der Waals surface area contributed by atoms with Gasteiger partial charge in [0.15, 0.2) is 4.87 Å². The van der Waals surface area contributed by atoms with Crippen LogP contribution in [0.1, 0.15) is 30.8 Å². The average molecular weight is 558 g/mol. The van der Waals surface area contributed by atoms with Crippen molar-refractivity contribution >= 4 is 40.3 Å². The Morgan fingerprint density at radius 2 is 1.78 bits per heavy atom. The van der Waals surface area contributed by atoms with Gasteiger partial charge in [0.1, 0.15) is 5.75 Å². The van der Waals surface area contributed by atoms with E-state index in [0.29, 0.717) is 6.54 Å². The zero-order chi connectivity index (χ0) is 22.7. The van der Waals surface area contributed by atoms with Crippen LogP contribution >= 0.6 is 34.4 Å². The Balaban J connectivity index is 1.69. The van der Waals surface area contributed by atoms with E-state index < -0.39 is 11.0 Å². The lowest BCUT2D eigenvalue weighted by Crippen LogP contribution is -2.72. The van der Waals surface area contributed by atoms with E-state index in [1.54, 1.807) is 11.8 Å². The Bertz CT molecular complexity index is 1170. The molecule has 1 saturated heterocycles. The summed E-state index contributed by atoms with van der Waals surface area (Å²) in [5.74, 6) is 0.807. The lowest BCUT2D eigenvalue weighted by molar-refractivity contribution is -0.171. The number of halogens is 1. The molecule has 0 saturated carbocycles. The second-order valence-electron chi connectivity index (χ2n) is 9.43. The maximum atomic E-state index is 13.4. The summed E-state index contributed by atoms with van der Waals surface area (Å²) in [6, 6.07) is 20.6. The lowest BCUT2D eigenvalue weighted by atomic mass is 9.87. The quantitative estimate of drug-likeness (QED) is 0.301. The van der Waals surface area contributed by atoms with Crippen LogP contribution in [0.4, 0.5) is 0 Å². The van der Waals surface area contributed by atoms with Crippen LogP contribution in [0, 0.1) is 15.9 Å². The van der Waals surface area contributed by atoms with Crippen LogP contribution in [-0.2, 0) is 16.1 Å². The molecule has 32 heavy (non-hydrogen) atoms. The van der Waals surface area contributed by atoms with E-state index in [1.165, 1.54) is 20.5 Å². The van der Waals surface area contributed by atoms with Crippen LogP contribution in [0.3, 0.4) is 0 Å². The Hall–Kier alpha value is -1.93. The molecule has 2 atom stereocenters. The molecule has 2 aliphatic heterocycles. The molecule has 1 fully saturated rings. The fraction of sp³-hybridized carbons (Fsp3) is 0.346. The van der Waals surface area contributed by atoms with E-state index in [0.717, 1.165) is 17.9 Å². The molecule has 5 rings (SSSR count). The van der Waals surface area contributed by atoms with E-state index in [-0.39, 0.29) is 11.3 Å². The molecule has 0 bridgehead atoms. The molecular formula is C26H27IN2O2S. The molecule has 4 nitrogen and oxygen atoms in total. The summed E-state index contributed by atoms with van der Waals surface area (Å²) in [6.07, 6.45) is 2.45. The molecular weight excluding hydrogens is 531 g/mol. The van der Waals surface area contributed by atoms with E-state index in [1.807, 2.05) is 30.3 Å². The lowest BCUT2D eigenvalue weighted by Gasteiger charge is -2.56. The van der Waals surface area contributed by atoms with Gasteiger partial charge >= 0.3 is 0 Å². The van der Waals surface area contributed by atoms with Crippen molar-refractivity contribution in [1.82, 2.24) is 9.47 Å². The number of ether oxygens (including phenoxy) is 1. The second kappa shape index (κ2) is 7.83. The minimum absolute atomic E-state index is 0.0502. The van der Waals surface area contributed by atoms with Crippen molar-refractivity contribution in [1.29, 1.82) is 0 Å². The highest BCUT2D eigenvalue weighted by Crippen LogP contribution is 2.56. The normalized spacial score (nSPS) is 23.7. The number of benzene rings is 2.